The molecular weight excluding hydrogens is 394 g/mol. The van der Waals surface area contributed by atoms with Crippen LogP contribution >= 0.6 is 11.3 Å². The Hall–Kier alpha value is -2.96. The molecule has 0 unspecified atom stereocenters. The minimum atomic E-state index is -0.494. The Morgan fingerprint density at radius 2 is 1.73 bits per heavy atom. The standard InChI is InChI=1S/C24H27N3O2S/c1-3-5-17-7-9-18(10-8-17)22(21-6-4-15-30-21)26-16(2)24(29)27-20-13-11-19(12-14-20)23(25)28/h4,6-16,22,26H,3,5H2,1-2H3,(H2,25,28)(H,27,29)/t16-,22+/m0/s1. The van der Waals surface area contributed by atoms with Crippen molar-refractivity contribution in [2.24, 2.45) is 5.73 Å². The number of aryl methyl sites for hydroxylation is 1. The molecule has 6 heteroatoms. The topological polar surface area (TPSA) is 84.2 Å². The SMILES string of the molecule is CCCc1ccc([C@@H](N[C@@H](C)C(=O)Nc2ccc(C(N)=O)cc2)c2cccs2)cc1. The number of nitrogens with one attached hydrogen (secondary N) is 2. The Bertz CT molecular complexity index is 967. The van der Waals surface area contributed by atoms with Crippen molar-refractivity contribution in [2.45, 2.75) is 38.8 Å². The zero-order valence-electron chi connectivity index (χ0n) is 17.2. The lowest BCUT2D eigenvalue weighted by Crippen LogP contribution is -2.40. The van der Waals surface area contributed by atoms with Crippen LogP contribution in [0.25, 0.3) is 0 Å². The van der Waals surface area contributed by atoms with Crippen molar-refractivity contribution in [3.63, 3.8) is 0 Å². The molecule has 4 N–H and O–H groups in total. The summed E-state index contributed by atoms with van der Waals surface area (Å²) in [5, 5.41) is 8.39. The predicted octanol–water partition coefficient (Wildman–Crippen LogP) is 4.51. The van der Waals surface area contributed by atoms with Crippen LogP contribution in [0.3, 0.4) is 0 Å². The van der Waals surface area contributed by atoms with Crippen LogP contribution in [-0.2, 0) is 11.2 Å². The van der Waals surface area contributed by atoms with E-state index >= 15 is 0 Å². The molecule has 0 aliphatic heterocycles. The lowest BCUT2D eigenvalue weighted by atomic mass is 10.0. The second-order valence-electron chi connectivity index (χ2n) is 7.26. The molecule has 30 heavy (non-hydrogen) atoms. The zero-order chi connectivity index (χ0) is 21.5. The molecule has 1 aromatic heterocycles. The van der Waals surface area contributed by atoms with Crippen molar-refractivity contribution in [1.29, 1.82) is 0 Å². The summed E-state index contributed by atoms with van der Waals surface area (Å²) in [6, 6.07) is 18.7. The van der Waals surface area contributed by atoms with Crippen LogP contribution in [0.2, 0.25) is 0 Å². The van der Waals surface area contributed by atoms with Gasteiger partial charge in [-0.3, -0.25) is 14.9 Å². The number of carbonyl (C=O) groups is 2. The number of hydrogen-bond donors (Lipinski definition) is 3. The van der Waals surface area contributed by atoms with Gasteiger partial charge in [0.25, 0.3) is 0 Å². The van der Waals surface area contributed by atoms with E-state index in [0.717, 1.165) is 23.3 Å². The van der Waals surface area contributed by atoms with Gasteiger partial charge in [0.15, 0.2) is 0 Å². The summed E-state index contributed by atoms with van der Waals surface area (Å²) in [6.07, 6.45) is 2.17. The Kier molecular flexibility index (Phi) is 7.38. The lowest BCUT2D eigenvalue weighted by Gasteiger charge is -2.23. The maximum Gasteiger partial charge on any atom is 0.248 e. The number of amides is 2. The molecule has 0 radical (unpaired) electrons. The highest BCUT2D eigenvalue weighted by Gasteiger charge is 2.21. The van der Waals surface area contributed by atoms with E-state index < -0.39 is 11.9 Å². The Labute approximate surface area is 181 Å². The zero-order valence-corrected chi connectivity index (χ0v) is 18.0. The molecule has 0 aliphatic rings. The van der Waals surface area contributed by atoms with E-state index in [9.17, 15) is 9.59 Å². The minimum absolute atomic E-state index is 0.0707. The second kappa shape index (κ2) is 10.2. The number of nitrogens with two attached hydrogens (primary N) is 1. The molecule has 2 aromatic carbocycles. The third-order valence-electron chi connectivity index (χ3n) is 4.93. The molecule has 0 saturated heterocycles. The smallest absolute Gasteiger partial charge is 0.248 e. The number of benzene rings is 2. The first-order chi connectivity index (χ1) is 14.5. The lowest BCUT2D eigenvalue weighted by molar-refractivity contribution is -0.117. The summed E-state index contributed by atoms with van der Waals surface area (Å²) in [5.74, 6) is -0.641. The molecule has 0 aliphatic carbocycles. The van der Waals surface area contributed by atoms with Crippen LogP contribution in [0.1, 0.15) is 52.7 Å². The average molecular weight is 422 g/mol. The first kappa shape index (κ1) is 21.7. The molecule has 0 saturated carbocycles. The van der Waals surface area contributed by atoms with E-state index in [1.807, 2.05) is 18.4 Å². The Balaban J connectivity index is 1.72. The van der Waals surface area contributed by atoms with E-state index in [1.165, 1.54) is 5.56 Å². The molecule has 3 rings (SSSR count). The largest absolute Gasteiger partial charge is 0.366 e. The average Bonchev–Trinajstić information content (AvgIpc) is 3.27. The number of rotatable bonds is 9. The number of hydrogen-bond acceptors (Lipinski definition) is 4. The number of anilines is 1. The van der Waals surface area contributed by atoms with Crippen LogP contribution in [0.4, 0.5) is 5.69 Å². The summed E-state index contributed by atoms with van der Waals surface area (Å²) in [7, 11) is 0. The van der Waals surface area contributed by atoms with Crippen molar-refractivity contribution in [2.75, 3.05) is 5.32 Å². The predicted molar refractivity (Wildman–Crippen MR) is 123 cm³/mol. The number of thiophene rings is 1. The molecule has 0 bridgehead atoms. The van der Waals surface area contributed by atoms with Gasteiger partial charge in [-0.25, -0.2) is 0 Å². The highest BCUT2D eigenvalue weighted by atomic mass is 32.1. The van der Waals surface area contributed by atoms with Gasteiger partial charge in [0.2, 0.25) is 11.8 Å². The van der Waals surface area contributed by atoms with Gasteiger partial charge in [0.05, 0.1) is 12.1 Å². The number of carbonyl (C=O) groups excluding carboxylic acids is 2. The van der Waals surface area contributed by atoms with Gasteiger partial charge < -0.3 is 11.1 Å². The maximum absolute atomic E-state index is 12.7. The third-order valence-corrected chi connectivity index (χ3v) is 5.86. The summed E-state index contributed by atoms with van der Waals surface area (Å²) in [5.41, 5.74) is 8.73. The van der Waals surface area contributed by atoms with Gasteiger partial charge in [0.1, 0.15) is 0 Å². The fourth-order valence-corrected chi connectivity index (χ4v) is 4.07. The summed E-state index contributed by atoms with van der Waals surface area (Å²) >= 11 is 1.66. The fourth-order valence-electron chi connectivity index (χ4n) is 3.26. The molecular formula is C24H27N3O2S. The summed E-state index contributed by atoms with van der Waals surface area (Å²) in [4.78, 5) is 25.1. The van der Waals surface area contributed by atoms with E-state index in [0.29, 0.717) is 11.3 Å². The second-order valence-corrected chi connectivity index (χ2v) is 8.24. The normalized spacial score (nSPS) is 12.9. The first-order valence-electron chi connectivity index (χ1n) is 10.1. The fraction of sp³-hybridized carbons (Fsp3) is 0.250. The molecule has 5 nitrogen and oxygen atoms in total. The van der Waals surface area contributed by atoms with E-state index in [1.54, 1.807) is 35.6 Å². The molecule has 0 fully saturated rings. The minimum Gasteiger partial charge on any atom is -0.366 e. The van der Waals surface area contributed by atoms with Crippen molar-refractivity contribution in [3.8, 4) is 0 Å². The molecule has 1 heterocycles. The van der Waals surface area contributed by atoms with Gasteiger partial charge in [0, 0.05) is 16.1 Å². The highest BCUT2D eigenvalue weighted by molar-refractivity contribution is 7.10. The van der Waals surface area contributed by atoms with E-state index in [4.69, 9.17) is 5.73 Å². The van der Waals surface area contributed by atoms with Gasteiger partial charge in [-0.05, 0) is 60.2 Å². The van der Waals surface area contributed by atoms with Crippen LogP contribution < -0.4 is 16.4 Å². The Morgan fingerprint density at radius 3 is 2.30 bits per heavy atom. The van der Waals surface area contributed by atoms with Crippen LogP contribution in [0, 0.1) is 0 Å². The van der Waals surface area contributed by atoms with Crippen molar-refractivity contribution in [3.05, 3.63) is 87.6 Å². The van der Waals surface area contributed by atoms with Crippen molar-refractivity contribution >= 4 is 28.8 Å². The molecule has 156 valence electrons. The monoisotopic (exact) mass is 421 g/mol. The molecule has 3 aromatic rings. The first-order valence-corrected chi connectivity index (χ1v) is 10.9. The van der Waals surface area contributed by atoms with Gasteiger partial charge in [-0.15, -0.1) is 11.3 Å². The van der Waals surface area contributed by atoms with Crippen molar-refractivity contribution < 1.29 is 9.59 Å². The molecule has 2 amide bonds. The van der Waals surface area contributed by atoms with Crippen LogP contribution in [0.5, 0.6) is 0 Å². The third kappa shape index (κ3) is 5.55. The van der Waals surface area contributed by atoms with E-state index in [-0.39, 0.29) is 11.9 Å². The van der Waals surface area contributed by atoms with Crippen molar-refractivity contribution in [1.82, 2.24) is 5.32 Å². The quantitative estimate of drug-likeness (QED) is 0.475. The summed E-state index contributed by atoms with van der Waals surface area (Å²) < 4.78 is 0. The van der Waals surface area contributed by atoms with Gasteiger partial charge in [-0.2, -0.15) is 0 Å². The maximum atomic E-state index is 12.7. The number of primary amides is 1. The van der Waals surface area contributed by atoms with Gasteiger partial charge >= 0.3 is 0 Å². The highest BCUT2D eigenvalue weighted by Crippen LogP contribution is 2.27. The molecule has 2 atom stereocenters. The summed E-state index contributed by atoms with van der Waals surface area (Å²) in [6.45, 7) is 4.02. The van der Waals surface area contributed by atoms with E-state index in [2.05, 4.69) is 47.9 Å². The van der Waals surface area contributed by atoms with Crippen LogP contribution in [0.15, 0.2) is 66.0 Å². The van der Waals surface area contributed by atoms with Gasteiger partial charge in [-0.1, -0.05) is 43.7 Å². The van der Waals surface area contributed by atoms with Crippen LogP contribution in [-0.4, -0.2) is 17.9 Å². The molecule has 0 spiro atoms. The Morgan fingerprint density at radius 1 is 1.03 bits per heavy atom.